The van der Waals surface area contributed by atoms with Gasteiger partial charge in [0.15, 0.2) is 0 Å². The van der Waals surface area contributed by atoms with Gasteiger partial charge < -0.3 is 4.98 Å². The lowest BCUT2D eigenvalue weighted by Gasteiger charge is -1.98. The monoisotopic (exact) mass is 221 g/mol. The Kier molecular flexibility index (Phi) is 2.25. The summed E-state index contributed by atoms with van der Waals surface area (Å²) in [5.74, 6) is 0. The molecule has 0 bridgehead atoms. The van der Waals surface area contributed by atoms with Gasteiger partial charge in [0.05, 0.1) is 5.52 Å². The minimum Gasteiger partial charge on any atom is -0.354 e. The molecule has 17 heavy (non-hydrogen) atoms. The first kappa shape index (κ1) is 10.2. The number of aromatic nitrogens is 1. The number of hydrogen-bond acceptors (Lipinski definition) is 0. The molecule has 84 valence electrons. The molecule has 0 atom stereocenters. The summed E-state index contributed by atoms with van der Waals surface area (Å²) in [5, 5.41) is 6.39. The molecule has 1 nitrogen and oxygen atoms in total. The van der Waals surface area contributed by atoms with E-state index < -0.39 is 0 Å². The highest BCUT2D eigenvalue weighted by Gasteiger charge is 2.03. The van der Waals surface area contributed by atoms with E-state index in [2.05, 4.69) is 67.4 Å². The minimum absolute atomic E-state index is 1.21. The van der Waals surface area contributed by atoms with Crippen molar-refractivity contribution in [3.05, 3.63) is 47.0 Å². The van der Waals surface area contributed by atoms with Gasteiger partial charge in [0.2, 0.25) is 0 Å². The van der Waals surface area contributed by atoms with Crippen LogP contribution in [0.4, 0.5) is 0 Å². The number of benzene rings is 2. The molecule has 0 aliphatic rings. The summed E-state index contributed by atoms with van der Waals surface area (Å²) >= 11 is 0. The summed E-state index contributed by atoms with van der Waals surface area (Å²) in [5.41, 5.74) is 1.24. The van der Waals surface area contributed by atoms with Gasteiger partial charge in [-0.25, -0.2) is 0 Å². The van der Waals surface area contributed by atoms with Crippen LogP contribution >= 0.6 is 0 Å². The number of fused-ring (bicyclic) bond motifs is 3. The van der Waals surface area contributed by atoms with E-state index in [0.717, 1.165) is 0 Å². The number of hydrogen-bond donors (Lipinski definition) is 1. The predicted octanol–water partition coefficient (Wildman–Crippen LogP) is 2.92. The van der Waals surface area contributed by atoms with Crippen LogP contribution in [0.3, 0.4) is 0 Å². The first-order chi connectivity index (χ1) is 8.35. The molecular formula is C16H15N. The van der Waals surface area contributed by atoms with Gasteiger partial charge in [0.1, 0.15) is 0 Å². The first-order valence-electron chi connectivity index (χ1n) is 5.97. The fourth-order valence-corrected chi connectivity index (χ4v) is 2.52. The van der Waals surface area contributed by atoms with Crippen molar-refractivity contribution < 1.29 is 0 Å². The van der Waals surface area contributed by atoms with Gasteiger partial charge in [-0.1, -0.05) is 48.6 Å². The third kappa shape index (κ3) is 1.39. The highest BCUT2D eigenvalue weighted by atomic mass is 14.7. The van der Waals surface area contributed by atoms with Crippen LogP contribution in [0.2, 0.25) is 0 Å². The van der Waals surface area contributed by atoms with Crippen LogP contribution in [-0.2, 0) is 0 Å². The summed E-state index contributed by atoms with van der Waals surface area (Å²) in [6.07, 6.45) is 4.30. The second-order valence-corrected chi connectivity index (χ2v) is 4.24. The van der Waals surface area contributed by atoms with Crippen LogP contribution in [0.5, 0.6) is 0 Å². The highest BCUT2D eigenvalue weighted by Crippen LogP contribution is 2.20. The second-order valence-electron chi connectivity index (χ2n) is 4.24. The maximum Gasteiger partial charge on any atom is 0.0544 e. The molecule has 1 N–H and O–H groups in total. The Labute approximate surface area is 100 Å². The molecule has 1 aromatic heterocycles. The second kappa shape index (κ2) is 3.77. The summed E-state index contributed by atoms with van der Waals surface area (Å²) in [6, 6.07) is 12.9. The molecule has 0 aliphatic carbocycles. The van der Waals surface area contributed by atoms with E-state index in [1.165, 1.54) is 32.2 Å². The molecule has 0 saturated carbocycles. The van der Waals surface area contributed by atoms with E-state index in [1.807, 2.05) is 0 Å². The molecule has 0 amide bonds. The molecule has 1 heterocycles. The van der Waals surface area contributed by atoms with E-state index in [1.54, 1.807) is 0 Å². The standard InChI is InChI=1S/C16H15N/c1-3-12-14-10-9-11-7-5-6-8-13(11)16(14)17-15(12)4-2/h3-10,17H,1-2H3/b12-3-,15-4+. The molecule has 1 heteroatoms. The summed E-state index contributed by atoms with van der Waals surface area (Å²) in [6.45, 7) is 4.16. The minimum atomic E-state index is 1.21. The van der Waals surface area contributed by atoms with Gasteiger partial charge in [0.25, 0.3) is 0 Å². The van der Waals surface area contributed by atoms with Gasteiger partial charge in [-0.2, -0.15) is 0 Å². The Morgan fingerprint density at radius 2 is 1.71 bits per heavy atom. The van der Waals surface area contributed by atoms with E-state index in [9.17, 15) is 0 Å². The molecule has 2 aromatic carbocycles. The smallest absolute Gasteiger partial charge is 0.0544 e. The molecule has 0 unspecified atom stereocenters. The molecular weight excluding hydrogens is 206 g/mol. The van der Waals surface area contributed by atoms with E-state index in [0.29, 0.717) is 0 Å². The molecule has 0 fully saturated rings. The van der Waals surface area contributed by atoms with Crippen molar-refractivity contribution in [1.29, 1.82) is 0 Å². The van der Waals surface area contributed by atoms with Crippen molar-refractivity contribution in [1.82, 2.24) is 4.98 Å². The van der Waals surface area contributed by atoms with Gasteiger partial charge in [-0.3, -0.25) is 0 Å². The number of aromatic amines is 1. The Morgan fingerprint density at radius 3 is 2.47 bits per heavy atom. The summed E-state index contributed by atoms with van der Waals surface area (Å²) in [4.78, 5) is 3.52. The maximum atomic E-state index is 3.52. The predicted molar refractivity (Wildman–Crippen MR) is 75.3 cm³/mol. The van der Waals surface area contributed by atoms with Crippen molar-refractivity contribution in [2.45, 2.75) is 13.8 Å². The van der Waals surface area contributed by atoms with Crippen molar-refractivity contribution in [2.75, 3.05) is 0 Å². The summed E-state index contributed by atoms with van der Waals surface area (Å²) < 4.78 is 0. The van der Waals surface area contributed by atoms with Crippen LogP contribution in [0, 0.1) is 0 Å². The van der Waals surface area contributed by atoms with Crippen LogP contribution in [0.1, 0.15) is 13.8 Å². The molecule has 0 saturated heterocycles. The SMILES string of the molecule is C/C=c1\c(=C/C)[nH]c2c1ccc1ccccc12. The number of rotatable bonds is 0. The zero-order chi connectivity index (χ0) is 11.8. The summed E-state index contributed by atoms with van der Waals surface area (Å²) in [7, 11) is 0. The number of nitrogens with one attached hydrogen (secondary N) is 1. The van der Waals surface area contributed by atoms with E-state index in [4.69, 9.17) is 0 Å². The van der Waals surface area contributed by atoms with Gasteiger partial charge in [-0.15, -0.1) is 0 Å². The maximum absolute atomic E-state index is 3.52. The van der Waals surface area contributed by atoms with Crippen molar-refractivity contribution >= 4 is 33.8 Å². The normalized spacial score (nSPS) is 14.0. The Balaban J connectivity index is 2.67. The van der Waals surface area contributed by atoms with Crippen LogP contribution in [0.15, 0.2) is 36.4 Å². The van der Waals surface area contributed by atoms with Gasteiger partial charge in [-0.05, 0) is 19.2 Å². The molecule has 3 rings (SSSR count). The Bertz CT molecular complexity index is 807. The zero-order valence-corrected chi connectivity index (χ0v) is 10.1. The highest BCUT2D eigenvalue weighted by molar-refractivity contribution is 6.05. The third-order valence-electron chi connectivity index (χ3n) is 3.35. The quantitative estimate of drug-likeness (QED) is 0.601. The van der Waals surface area contributed by atoms with Crippen molar-refractivity contribution in [3.8, 4) is 0 Å². The first-order valence-corrected chi connectivity index (χ1v) is 5.97. The van der Waals surface area contributed by atoms with Crippen LogP contribution in [-0.4, -0.2) is 4.98 Å². The molecule has 0 aliphatic heterocycles. The Morgan fingerprint density at radius 1 is 0.882 bits per heavy atom. The van der Waals surface area contributed by atoms with Crippen LogP contribution in [0.25, 0.3) is 33.8 Å². The Hall–Kier alpha value is -2.02. The number of H-pyrrole nitrogens is 1. The van der Waals surface area contributed by atoms with E-state index in [-0.39, 0.29) is 0 Å². The lowest BCUT2D eigenvalue weighted by molar-refractivity contribution is 1.35. The fourth-order valence-electron chi connectivity index (χ4n) is 2.52. The topological polar surface area (TPSA) is 15.8 Å². The fraction of sp³-hybridized carbons (Fsp3) is 0.125. The average Bonchev–Trinajstić information content (AvgIpc) is 2.76. The lowest BCUT2D eigenvalue weighted by Crippen LogP contribution is -2.21. The largest absolute Gasteiger partial charge is 0.354 e. The third-order valence-corrected chi connectivity index (χ3v) is 3.35. The van der Waals surface area contributed by atoms with Crippen molar-refractivity contribution in [2.24, 2.45) is 0 Å². The lowest BCUT2D eigenvalue weighted by atomic mass is 10.1. The molecule has 0 radical (unpaired) electrons. The zero-order valence-electron chi connectivity index (χ0n) is 10.1. The molecule has 3 aromatic rings. The van der Waals surface area contributed by atoms with Crippen molar-refractivity contribution in [3.63, 3.8) is 0 Å². The van der Waals surface area contributed by atoms with Crippen LogP contribution < -0.4 is 10.6 Å². The molecule has 0 spiro atoms. The van der Waals surface area contributed by atoms with E-state index >= 15 is 0 Å². The van der Waals surface area contributed by atoms with Gasteiger partial charge in [0, 0.05) is 21.3 Å². The average molecular weight is 221 g/mol. The van der Waals surface area contributed by atoms with Gasteiger partial charge >= 0.3 is 0 Å².